The van der Waals surface area contributed by atoms with Crippen LogP contribution in [0, 0.1) is 5.92 Å². The maximum absolute atomic E-state index is 5.95. The molecule has 0 radical (unpaired) electrons. The zero-order valence-corrected chi connectivity index (χ0v) is 11.3. The van der Waals surface area contributed by atoms with Crippen molar-refractivity contribution >= 4 is 16.7 Å². The molecule has 1 N–H and O–H groups in total. The highest BCUT2D eigenvalue weighted by Gasteiger charge is 2.34. The molecule has 3 heterocycles. The predicted molar refractivity (Wildman–Crippen MR) is 71.0 cm³/mol. The van der Waals surface area contributed by atoms with Gasteiger partial charge in [-0.05, 0) is 44.4 Å². The Labute approximate surface area is 111 Å². The van der Waals surface area contributed by atoms with E-state index in [4.69, 9.17) is 4.74 Å². The van der Waals surface area contributed by atoms with Crippen LogP contribution in [0.15, 0.2) is 0 Å². The molecule has 2 saturated carbocycles. The molecule has 1 aromatic heterocycles. The molecule has 18 heavy (non-hydrogen) atoms. The van der Waals surface area contributed by atoms with Crippen LogP contribution in [0.3, 0.4) is 0 Å². The van der Waals surface area contributed by atoms with E-state index in [0.717, 1.165) is 23.5 Å². The summed E-state index contributed by atoms with van der Waals surface area (Å²) in [6, 6.07) is 0.442. The summed E-state index contributed by atoms with van der Waals surface area (Å²) in [7, 11) is 0. The summed E-state index contributed by atoms with van der Waals surface area (Å²) in [6.07, 6.45) is 7.98. The van der Waals surface area contributed by atoms with Crippen LogP contribution < -0.4 is 5.32 Å². The van der Waals surface area contributed by atoms with Gasteiger partial charge in [-0.1, -0.05) is 0 Å². The Morgan fingerprint density at radius 3 is 2.78 bits per heavy atom. The summed E-state index contributed by atoms with van der Waals surface area (Å²) in [5, 5.41) is 4.57. The van der Waals surface area contributed by atoms with Gasteiger partial charge in [0.15, 0.2) is 0 Å². The van der Waals surface area contributed by atoms with Gasteiger partial charge in [0, 0.05) is 24.1 Å². The lowest BCUT2D eigenvalue weighted by atomic mass is 10.00. The number of hydrogen-bond acceptors (Lipinski definition) is 5. The minimum absolute atomic E-state index is 0.386. The van der Waals surface area contributed by atoms with Gasteiger partial charge in [0.05, 0.1) is 12.1 Å². The van der Waals surface area contributed by atoms with E-state index in [0.29, 0.717) is 18.1 Å². The SMILES string of the molecule is C1CC(Nc2nc(C3CC3)ns2)C2CCC1CO2. The van der Waals surface area contributed by atoms with E-state index >= 15 is 0 Å². The monoisotopic (exact) mass is 265 g/mol. The summed E-state index contributed by atoms with van der Waals surface area (Å²) in [6.45, 7) is 0.965. The first-order valence-corrected chi connectivity index (χ1v) is 7.87. The Bertz CT molecular complexity index is 424. The van der Waals surface area contributed by atoms with Crippen LogP contribution in [0.25, 0.3) is 0 Å². The Kier molecular flexibility index (Phi) is 2.77. The van der Waals surface area contributed by atoms with Gasteiger partial charge in [0.1, 0.15) is 5.82 Å². The molecule has 0 spiro atoms. The van der Waals surface area contributed by atoms with Crippen LogP contribution >= 0.6 is 11.5 Å². The third-order valence-electron chi connectivity index (χ3n) is 4.43. The first kappa shape index (κ1) is 11.2. The highest BCUT2D eigenvalue weighted by atomic mass is 32.1. The zero-order chi connectivity index (χ0) is 11.9. The molecule has 3 unspecified atom stereocenters. The van der Waals surface area contributed by atoms with E-state index in [-0.39, 0.29) is 0 Å². The summed E-state index contributed by atoms with van der Waals surface area (Å²) in [5.41, 5.74) is 0. The quantitative estimate of drug-likeness (QED) is 0.913. The van der Waals surface area contributed by atoms with Crippen LogP contribution in [0.2, 0.25) is 0 Å². The van der Waals surface area contributed by atoms with Crippen LogP contribution in [0.1, 0.15) is 50.3 Å². The lowest BCUT2D eigenvalue weighted by Crippen LogP contribution is -2.36. The van der Waals surface area contributed by atoms with Crippen molar-refractivity contribution in [1.82, 2.24) is 9.36 Å². The highest BCUT2D eigenvalue weighted by Crippen LogP contribution is 2.39. The van der Waals surface area contributed by atoms with Crippen molar-refractivity contribution < 1.29 is 4.74 Å². The Morgan fingerprint density at radius 1 is 1.11 bits per heavy atom. The predicted octanol–water partition coefficient (Wildman–Crippen LogP) is 2.79. The molecule has 2 saturated heterocycles. The Balaban J connectivity index is 1.45. The van der Waals surface area contributed by atoms with Crippen LogP contribution in [0.5, 0.6) is 0 Å². The number of hydrogen-bond donors (Lipinski definition) is 1. The maximum atomic E-state index is 5.95. The average molecular weight is 265 g/mol. The van der Waals surface area contributed by atoms with E-state index in [9.17, 15) is 0 Å². The number of nitrogens with one attached hydrogen (secondary N) is 1. The number of ether oxygens (including phenoxy) is 1. The largest absolute Gasteiger partial charge is 0.376 e. The third-order valence-corrected chi connectivity index (χ3v) is 5.09. The summed E-state index contributed by atoms with van der Waals surface area (Å²) in [5.74, 6) is 2.50. The van der Waals surface area contributed by atoms with Crippen molar-refractivity contribution in [1.29, 1.82) is 0 Å². The molecule has 4 fully saturated rings. The molecule has 5 rings (SSSR count). The van der Waals surface area contributed by atoms with Gasteiger partial charge in [-0.25, -0.2) is 4.98 Å². The van der Waals surface area contributed by atoms with Crippen LogP contribution in [-0.4, -0.2) is 28.1 Å². The Hall–Kier alpha value is -0.680. The first-order valence-electron chi connectivity index (χ1n) is 7.10. The lowest BCUT2D eigenvalue weighted by molar-refractivity contribution is -0.00623. The van der Waals surface area contributed by atoms with E-state index in [1.54, 1.807) is 0 Å². The minimum Gasteiger partial charge on any atom is -0.376 e. The highest BCUT2D eigenvalue weighted by molar-refractivity contribution is 7.09. The molecule has 2 aliphatic heterocycles. The molecule has 4 nitrogen and oxygen atoms in total. The fourth-order valence-electron chi connectivity index (χ4n) is 3.10. The molecule has 5 heteroatoms. The normalized spacial score (nSPS) is 35.4. The smallest absolute Gasteiger partial charge is 0.202 e. The molecule has 2 bridgehead atoms. The van der Waals surface area contributed by atoms with Crippen molar-refractivity contribution in [3.05, 3.63) is 5.82 Å². The standard InChI is InChI=1S/C13H19N3OS/c1-5-10(11-6-2-8(1)7-17-11)14-13-15-12(16-18-13)9-3-4-9/h8-11H,1-7H2,(H,14,15,16). The number of fused-ring (bicyclic) bond motifs is 4. The maximum Gasteiger partial charge on any atom is 0.202 e. The molecule has 1 aromatic rings. The van der Waals surface area contributed by atoms with Crippen molar-refractivity contribution in [2.75, 3.05) is 11.9 Å². The Morgan fingerprint density at radius 2 is 2.00 bits per heavy atom. The number of aromatic nitrogens is 2. The fourth-order valence-corrected chi connectivity index (χ4v) is 3.81. The molecule has 3 atom stereocenters. The van der Waals surface area contributed by atoms with Gasteiger partial charge in [-0.2, -0.15) is 4.37 Å². The molecule has 2 aliphatic carbocycles. The fraction of sp³-hybridized carbons (Fsp3) is 0.846. The second-order valence-corrected chi connectivity index (χ2v) is 6.63. The van der Waals surface area contributed by atoms with Gasteiger partial charge in [0.25, 0.3) is 0 Å². The topological polar surface area (TPSA) is 47.0 Å². The zero-order valence-electron chi connectivity index (χ0n) is 10.5. The van der Waals surface area contributed by atoms with E-state index < -0.39 is 0 Å². The number of anilines is 1. The van der Waals surface area contributed by atoms with Crippen molar-refractivity contribution in [3.63, 3.8) is 0 Å². The second kappa shape index (κ2) is 4.46. The third kappa shape index (κ3) is 2.14. The van der Waals surface area contributed by atoms with Gasteiger partial charge in [-0.15, -0.1) is 0 Å². The first-order chi connectivity index (χ1) is 8.88. The van der Waals surface area contributed by atoms with E-state index in [1.165, 1.54) is 50.1 Å². The number of rotatable bonds is 3. The van der Waals surface area contributed by atoms with Crippen molar-refractivity contribution in [3.8, 4) is 0 Å². The van der Waals surface area contributed by atoms with Gasteiger partial charge < -0.3 is 10.1 Å². The summed E-state index contributed by atoms with van der Waals surface area (Å²) < 4.78 is 10.4. The van der Waals surface area contributed by atoms with Crippen LogP contribution in [-0.2, 0) is 4.74 Å². The second-order valence-electron chi connectivity index (χ2n) is 5.88. The summed E-state index contributed by atoms with van der Waals surface area (Å²) >= 11 is 1.52. The molecule has 4 aliphatic rings. The number of nitrogens with zero attached hydrogens (tertiary/aromatic N) is 2. The van der Waals surface area contributed by atoms with E-state index in [1.807, 2.05) is 0 Å². The molecular weight excluding hydrogens is 246 g/mol. The molecule has 0 aromatic carbocycles. The lowest BCUT2D eigenvalue weighted by Gasteiger charge is -2.28. The van der Waals surface area contributed by atoms with E-state index in [2.05, 4.69) is 14.7 Å². The molecular formula is C13H19N3OS. The van der Waals surface area contributed by atoms with Gasteiger partial charge in [-0.3, -0.25) is 0 Å². The van der Waals surface area contributed by atoms with Gasteiger partial charge >= 0.3 is 0 Å². The van der Waals surface area contributed by atoms with Crippen LogP contribution in [0.4, 0.5) is 5.13 Å². The molecule has 0 amide bonds. The van der Waals surface area contributed by atoms with Gasteiger partial charge in [0.2, 0.25) is 5.13 Å². The van der Waals surface area contributed by atoms with Crippen molar-refractivity contribution in [2.45, 2.75) is 56.6 Å². The average Bonchev–Trinajstić information content (AvgIpc) is 3.19. The minimum atomic E-state index is 0.386. The molecule has 98 valence electrons. The van der Waals surface area contributed by atoms with Crippen molar-refractivity contribution in [2.24, 2.45) is 5.92 Å². The summed E-state index contributed by atoms with van der Waals surface area (Å²) in [4.78, 5) is 4.62.